The number of sulfonamides is 1. The molecule has 0 heterocycles. The van der Waals surface area contributed by atoms with Gasteiger partial charge in [-0.25, -0.2) is 8.42 Å². The number of benzene rings is 1. The van der Waals surface area contributed by atoms with Crippen LogP contribution in [0.1, 0.15) is 51.0 Å². The van der Waals surface area contributed by atoms with Crippen molar-refractivity contribution in [3.8, 4) is 0 Å². The molecule has 1 atom stereocenters. The topological polar surface area (TPSA) is 110 Å². The highest BCUT2D eigenvalue weighted by atomic mass is 32.2. The minimum atomic E-state index is -3.85. The van der Waals surface area contributed by atoms with Crippen LogP contribution in [0.5, 0.6) is 0 Å². The molecule has 0 aromatic heterocycles. The summed E-state index contributed by atoms with van der Waals surface area (Å²) in [5.41, 5.74) is 1.79. The summed E-state index contributed by atoms with van der Waals surface area (Å²) in [6.45, 7) is 3.82. The molecule has 1 aromatic rings. The van der Waals surface area contributed by atoms with Gasteiger partial charge in [-0.1, -0.05) is 24.6 Å². The number of amides is 1. The monoisotopic (exact) mass is 423 g/mol. The molecule has 0 radical (unpaired) electrons. The van der Waals surface area contributed by atoms with Crippen molar-refractivity contribution in [2.75, 3.05) is 17.1 Å². The number of nitro benzene ring substituents is 1. The van der Waals surface area contributed by atoms with Gasteiger partial charge in [0.1, 0.15) is 6.04 Å². The van der Waals surface area contributed by atoms with Gasteiger partial charge in [-0.05, 0) is 51.0 Å². The van der Waals surface area contributed by atoms with Crippen LogP contribution in [0, 0.1) is 17.0 Å². The van der Waals surface area contributed by atoms with E-state index in [4.69, 9.17) is 0 Å². The molecular formula is C20H29N3O5S. The second-order valence-electron chi connectivity index (χ2n) is 7.36. The largest absolute Gasteiger partial charge is 0.354 e. The standard InChI is InChI=1S/C20H29N3O5S/c1-4-18(20(24)21-13-12-16-8-6-5-7-9-16)22(29(3,27)28)19-14-17(23(25)26)11-10-15(19)2/h8,10-11,14,18H,4-7,9,12-13H2,1-3H3,(H,21,24). The predicted molar refractivity (Wildman–Crippen MR) is 113 cm³/mol. The molecule has 1 aliphatic carbocycles. The lowest BCUT2D eigenvalue weighted by Crippen LogP contribution is -2.49. The number of nitrogens with one attached hydrogen (secondary N) is 1. The third-order valence-electron chi connectivity index (χ3n) is 5.10. The lowest BCUT2D eigenvalue weighted by Gasteiger charge is -2.31. The minimum absolute atomic E-state index is 0.152. The highest BCUT2D eigenvalue weighted by Gasteiger charge is 2.33. The Morgan fingerprint density at radius 3 is 2.62 bits per heavy atom. The number of aryl methyl sites for hydroxylation is 1. The molecule has 0 aliphatic heterocycles. The Balaban J connectivity index is 2.25. The highest BCUT2D eigenvalue weighted by Crippen LogP contribution is 2.30. The third-order valence-corrected chi connectivity index (χ3v) is 6.27. The van der Waals surface area contributed by atoms with Gasteiger partial charge in [-0.3, -0.25) is 19.2 Å². The van der Waals surface area contributed by atoms with Crippen molar-refractivity contribution in [3.05, 3.63) is 45.5 Å². The summed E-state index contributed by atoms with van der Waals surface area (Å²) in [5, 5.41) is 14.0. The summed E-state index contributed by atoms with van der Waals surface area (Å²) in [7, 11) is -3.85. The zero-order valence-corrected chi connectivity index (χ0v) is 18.0. The van der Waals surface area contributed by atoms with Crippen molar-refractivity contribution in [2.45, 2.75) is 58.4 Å². The molecule has 2 rings (SSSR count). The molecule has 29 heavy (non-hydrogen) atoms. The van der Waals surface area contributed by atoms with Crippen LogP contribution < -0.4 is 9.62 Å². The first-order valence-electron chi connectivity index (χ1n) is 9.85. The van der Waals surface area contributed by atoms with E-state index >= 15 is 0 Å². The summed E-state index contributed by atoms with van der Waals surface area (Å²) < 4.78 is 26.1. The molecule has 1 unspecified atom stereocenters. The molecule has 8 nitrogen and oxygen atoms in total. The van der Waals surface area contributed by atoms with E-state index in [9.17, 15) is 23.3 Å². The van der Waals surface area contributed by atoms with Crippen LogP contribution in [-0.4, -0.2) is 38.1 Å². The first-order chi connectivity index (χ1) is 13.6. The SMILES string of the molecule is CCC(C(=O)NCCC1=CCCCC1)N(c1cc([N+](=O)[O-])ccc1C)S(C)(=O)=O. The van der Waals surface area contributed by atoms with E-state index in [1.807, 2.05) is 0 Å². The first kappa shape index (κ1) is 22.9. The molecule has 0 saturated carbocycles. The molecule has 1 aliphatic rings. The minimum Gasteiger partial charge on any atom is -0.354 e. The molecule has 0 spiro atoms. The molecule has 0 fully saturated rings. The fourth-order valence-corrected chi connectivity index (χ4v) is 4.84. The van der Waals surface area contributed by atoms with Crippen molar-refractivity contribution in [1.29, 1.82) is 0 Å². The molecule has 9 heteroatoms. The summed E-state index contributed by atoms with van der Waals surface area (Å²) in [6.07, 6.45) is 8.66. The van der Waals surface area contributed by atoms with E-state index in [0.717, 1.165) is 36.2 Å². The smallest absolute Gasteiger partial charge is 0.271 e. The zero-order valence-electron chi connectivity index (χ0n) is 17.2. The fourth-order valence-electron chi connectivity index (χ4n) is 3.58. The second kappa shape index (κ2) is 9.87. The summed E-state index contributed by atoms with van der Waals surface area (Å²) in [5.74, 6) is -0.403. The molecule has 1 N–H and O–H groups in total. The number of carbonyl (C=O) groups excluding carboxylic acids is 1. The van der Waals surface area contributed by atoms with Crippen LogP contribution in [0.3, 0.4) is 0 Å². The van der Waals surface area contributed by atoms with E-state index in [-0.39, 0.29) is 17.8 Å². The normalized spacial score (nSPS) is 15.3. The van der Waals surface area contributed by atoms with Gasteiger partial charge in [0.25, 0.3) is 5.69 Å². The van der Waals surface area contributed by atoms with Gasteiger partial charge in [-0.15, -0.1) is 0 Å². The van der Waals surface area contributed by atoms with E-state index in [2.05, 4.69) is 11.4 Å². The van der Waals surface area contributed by atoms with Crippen LogP contribution >= 0.6 is 0 Å². The maximum Gasteiger partial charge on any atom is 0.271 e. The van der Waals surface area contributed by atoms with Gasteiger partial charge in [0, 0.05) is 18.7 Å². The van der Waals surface area contributed by atoms with Crippen LogP contribution in [-0.2, 0) is 14.8 Å². The predicted octanol–water partition coefficient (Wildman–Crippen LogP) is 3.45. The van der Waals surface area contributed by atoms with Crippen LogP contribution in [0.2, 0.25) is 0 Å². The van der Waals surface area contributed by atoms with Gasteiger partial charge in [0.2, 0.25) is 15.9 Å². The zero-order chi connectivity index (χ0) is 21.6. The Morgan fingerprint density at radius 2 is 2.07 bits per heavy atom. The Hall–Kier alpha value is -2.42. The average molecular weight is 424 g/mol. The summed E-state index contributed by atoms with van der Waals surface area (Å²) in [6, 6.07) is 3.04. The van der Waals surface area contributed by atoms with Crippen molar-refractivity contribution < 1.29 is 18.1 Å². The Labute approximate surface area is 172 Å². The number of allylic oxidation sites excluding steroid dienone is 1. The van der Waals surface area contributed by atoms with Crippen molar-refractivity contribution in [3.63, 3.8) is 0 Å². The van der Waals surface area contributed by atoms with Gasteiger partial charge < -0.3 is 5.32 Å². The molecule has 1 amide bonds. The Morgan fingerprint density at radius 1 is 1.34 bits per heavy atom. The number of hydrogen-bond acceptors (Lipinski definition) is 5. The van der Waals surface area contributed by atoms with Crippen molar-refractivity contribution in [2.24, 2.45) is 0 Å². The maximum absolute atomic E-state index is 12.8. The number of carbonyl (C=O) groups is 1. The van der Waals surface area contributed by atoms with Crippen LogP contribution in [0.4, 0.5) is 11.4 Å². The Kier molecular flexibility index (Phi) is 7.78. The third kappa shape index (κ3) is 6.03. The van der Waals surface area contributed by atoms with Crippen LogP contribution in [0.25, 0.3) is 0 Å². The number of hydrogen-bond donors (Lipinski definition) is 1. The van der Waals surface area contributed by atoms with Crippen molar-refractivity contribution in [1.82, 2.24) is 5.32 Å². The van der Waals surface area contributed by atoms with Crippen molar-refractivity contribution >= 4 is 27.3 Å². The maximum atomic E-state index is 12.8. The van der Waals surface area contributed by atoms with E-state index in [1.54, 1.807) is 13.8 Å². The summed E-state index contributed by atoms with van der Waals surface area (Å²) >= 11 is 0. The molecule has 1 aromatic carbocycles. The number of nitro groups is 1. The van der Waals surface area contributed by atoms with Gasteiger partial charge in [-0.2, -0.15) is 0 Å². The quantitative estimate of drug-likeness (QED) is 0.372. The van der Waals surface area contributed by atoms with E-state index in [1.165, 1.54) is 30.2 Å². The highest BCUT2D eigenvalue weighted by molar-refractivity contribution is 7.92. The van der Waals surface area contributed by atoms with Gasteiger partial charge >= 0.3 is 0 Å². The molecule has 160 valence electrons. The van der Waals surface area contributed by atoms with Gasteiger partial charge in [0.15, 0.2) is 0 Å². The van der Waals surface area contributed by atoms with Crippen LogP contribution in [0.15, 0.2) is 29.8 Å². The lowest BCUT2D eigenvalue weighted by molar-refractivity contribution is -0.384. The van der Waals surface area contributed by atoms with E-state index < -0.39 is 26.9 Å². The van der Waals surface area contributed by atoms with E-state index in [0.29, 0.717) is 12.1 Å². The first-order valence-corrected chi connectivity index (χ1v) is 11.7. The fraction of sp³-hybridized carbons (Fsp3) is 0.550. The average Bonchev–Trinajstić information content (AvgIpc) is 2.66. The summed E-state index contributed by atoms with van der Waals surface area (Å²) in [4.78, 5) is 23.4. The number of rotatable bonds is 9. The molecular weight excluding hydrogens is 394 g/mol. The Bertz CT molecular complexity index is 895. The lowest BCUT2D eigenvalue weighted by atomic mass is 9.97. The molecule has 0 saturated heterocycles. The molecule has 0 bridgehead atoms. The number of nitrogens with zero attached hydrogens (tertiary/aromatic N) is 2. The van der Waals surface area contributed by atoms with Gasteiger partial charge in [0.05, 0.1) is 16.9 Å². The number of anilines is 1. The second-order valence-corrected chi connectivity index (χ2v) is 9.22. The number of non-ortho nitro benzene ring substituents is 1.